The molecule has 3 aromatic rings. The molecule has 138 valence electrons. The van der Waals surface area contributed by atoms with E-state index in [1.165, 1.54) is 45.4 Å². The van der Waals surface area contributed by atoms with Crippen molar-refractivity contribution in [2.24, 2.45) is 0 Å². The molecule has 0 spiro atoms. The predicted octanol–water partition coefficient (Wildman–Crippen LogP) is 4.14. The lowest BCUT2D eigenvalue weighted by Gasteiger charge is -2.05. The summed E-state index contributed by atoms with van der Waals surface area (Å²) in [5.41, 5.74) is 5.79. The summed E-state index contributed by atoms with van der Waals surface area (Å²) in [6.07, 6.45) is 0.943. The number of ketones is 1. The number of benzene rings is 2. The van der Waals surface area contributed by atoms with Gasteiger partial charge in [0.2, 0.25) is 5.13 Å². The van der Waals surface area contributed by atoms with Crippen LogP contribution >= 0.6 is 23.1 Å². The fourth-order valence-corrected chi connectivity index (χ4v) is 4.78. The molecule has 2 aromatic carbocycles. The van der Waals surface area contributed by atoms with Crippen molar-refractivity contribution in [2.45, 2.75) is 10.8 Å². The van der Waals surface area contributed by atoms with Crippen LogP contribution in [0.3, 0.4) is 0 Å². The Morgan fingerprint density at radius 2 is 2.04 bits per heavy atom. The fourth-order valence-electron chi connectivity index (χ4n) is 3.11. The Labute approximate surface area is 166 Å². The average molecular weight is 398 g/mol. The SMILES string of the molecule is COCCNc1nnc(SCC(=O)c2ccc3c(c2)-c2ccccc2C3)s1. The van der Waals surface area contributed by atoms with Crippen molar-refractivity contribution in [2.75, 3.05) is 31.3 Å². The number of carbonyl (C=O) groups excluding carboxylic acids is 1. The van der Waals surface area contributed by atoms with Gasteiger partial charge in [-0.05, 0) is 34.7 Å². The summed E-state index contributed by atoms with van der Waals surface area (Å²) < 4.78 is 5.78. The van der Waals surface area contributed by atoms with Crippen LogP contribution in [0.15, 0.2) is 46.8 Å². The molecule has 4 rings (SSSR count). The van der Waals surface area contributed by atoms with E-state index in [1.807, 2.05) is 18.2 Å². The van der Waals surface area contributed by atoms with E-state index in [1.54, 1.807) is 7.11 Å². The molecule has 0 saturated heterocycles. The Morgan fingerprint density at radius 3 is 2.93 bits per heavy atom. The number of anilines is 1. The van der Waals surface area contributed by atoms with E-state index in [-0.39, 0.29) is 5.78 Å². The highest BCUT2D eigenvalue weighted by atomic mass is 32.2. The molecular formula is C20H19N3O2S2. The maximum Gasteiger partial charge on any atom is 0.206 e. The molecule has 5 nitrogen and oxygen atoms in total. The second-order valence-electron chi connectivity index (χ2n) is 6.21. The van der Waals surface area contributed by atoms with Gasteiger partial charge < -0.3 is 10.1 Å². The van der Waals surface area contributed by atoms with Crippen LogP contribution in [0.5, 0.6) is 0 Å². The van der Waals surface area contributed by atoms with Crippen LogP contribution in [0.4, 0.5) is 5.13 Å². The van der Waals surface area contributed by atoms with Gasteiger partial charge in [-0.1, -0.05) is 59.5 Å². The summed E-state index contributed by atoms with van der Waals surface area (Å²) in [5, 5.41) is 12.1. The largest absolute Gasteiger partial charge is 0.383 e. The van der Waals surface area contributed by atoms with E-state index < -0.39 is 0 Å². The van der Waals surface area contributed by atoms with Gasteiger partial charge in [0, 0.05) is 19.2 Å². The Hall–Kier alpha value is -2.22. The van der Waals surface area contributed by atoms with Crippen LogP contribution in [-0.4, -0.2) is 42.0 Å². The van der Waals surface area contributed by atoms with E-state index in [0.717, 1.165) is 21.5 Å². The lowest BCUT2D eigenvalue weighted by molar-refractivity contribution is 0.102. The minimum Gasteiger partial charge on any atom is -0.383 e. The summed E-state index contributed by atoms with van der Waals surface area (Å²) in [5.74, 6) is 0.462. The van der Waals surface area contributed by atoms with Crippen LogP contribution in [0, 0.1) is 0 Å². The van der Waals surface area contributed by atoms with E-state index in [0.29, 0.717) is 18.9 Å². The molecular weight excluding hydrogens is 378 g/mol. The average Bonchev–Trinajstić information content (AvgIpc) is 3.30. The molecule has 0 aliphatic heterocycles. The van der Waals surface area contributed by atoms with Crippen molar-refractivity contribution in [3.63, 3.8) is 0 Å². The summed E-state index contributed by atoms with van der Waals surface area (Å²) in [7, 11) is 1.66. The molecule has 0 saturated carbocycles. The first kappa shape index (κ1) is 18.2. The zero-order chi connectivity index (χ0) is 18.6. The smallest absolute Gasteiger partial charge is 0.206 e. The second-order valence-corrected chi connectivity index (χ2v) is 8.41. The van der Waals surface area contributed by atoms with Gasteiger partial charge in [0.05, 0.1) is 12.4 Å². The van der Waals surface area contributed by atoms with Crippen LogP contribution in [0.1, 0.15) is 21.5 Å². The molecule has 0 bridgehead atoms. The third-order valence-electron chi connectivity index (χ3n) is 4.44. The molecule has 1 heterocycles. The standard InChI is InChI=1S/C20H19N3O2S2/c1-25-9-8-21-19-22-23-20(27-19)26-12-18(24)15-7-6-14-10-13-4-2-3-5-16(13)17(14)11-15/h2-7,11H,8-10,12H2,1H3,(H,21,22). The number of nitrogens with one attached hydrogen (secondary N) is 1. The number of methoxy groups -OCH3 is 1. The summed E-state index contributed by atoms with van der Waals surface area (Å²) in [4.78, 5) is 12.7. The molecule has 1 aromatic heterocycles. The maximum atomic E-state index is 12.7. The molecule has 27 heavy (non-hydrogen) atoms. The number of Topliss-reactive ketones (excluding diaryl/α,β-unsaturated/α-hetero) is 1. The first-order valence-electron chi connectivity index (χ1n) is 8.68. The zero-order valence-corrected chi connectivity index (χ0v) is 16.5. The monoisotopic (exact) mass is 397 g/mol. The van der Waals surface area contributed by atoms with E-state index in [4.69, 9.17) is 4.74 Å². The predicted molar refractivity (Wildman–Crippen MR) is 110 cm³/mol. The number of ether oxygens (including phenoxy) is 1. The Balaban J connectivity index is 1.40. The van der Waals surface area contributed by atoms with Crippen molar-refractivity contribution in [3.8, 4) is 11.1 Å². The Bertz CT molecular complexity index is 971. The quantitative estimate of drug-likeness (QED) is 0.274. The minimum absolute atomic E-state index is 0.108. The third-order valence-corrected chi connectivity index (χ3v) is 6.45. The lowest BCUT2D eigenvalue weighted by Crippen LogP contribution is -2.06. The number of carbonyl (C=O) groups is 1. The maximum absolute atomic E-state index is 12.7. The van der Waals surface area contributed by atoms with Crippen molar-refractivity contribution < 1.29 is 9.53 Å². The van der Waals surface area contributed by atoms with Crippen molar-refractivity contribution >= 4 is 34.0 Å². The molecule has 1 N–H and O–H groups in total. The van der Waals surface area contributed by atoms with Gasteiger partial charge in [-0.3, -0.25) is 4.79 Å². The van der Waals surface area contributed by atoms with Crippen LogP contribution < -0.4 is 5.32 Å². The van der Waals surface area contributed by atoms with Gasteiger partial charge in [0.25, 0.3) is 0 Å². The number of rotatable bonds is 8. The number of aromatic nitrogens is 2. The topological polar surface area (TPSA) is 64.1 Å². The summed E-state index contributed by atoms with van der Waals surface area (Å²) in [6.45, 7) is 1.30. The van der Waals surface area contributed by atoms with Crippen molar-refractivity contribution in [1.82, 2.24) is 10.2 Å². The van der Waals surface area contributed by atoms with Crippen molar-refractivity contribution in [1.29, 1.82) is 0 Å². The molecule has 0 amide bonds. The number of hydrogen-bond donors (Lipinski definition) is 1. The normalized spacial score (nSPS) is 11.9. The summed E-state index contributed by atoms with van der Waals surface area (Å²) in [6, 6.07) is 14.4. The molecule has 7 heteroatoms. The first-order chi connectivity index (χ1) is 13.2. The van der Waals surface area contributed by atoms with Gasteiger partial charge in [-0.25, -0.2) is 0 Å². The zero-order valence-electron chi connectivity index (χ0n) is 14.9. The molecule has 0 radical (unpaired) electrons. The van der Waals surface area contributed by atoms with Crippen LogP contribution in [0.2, 0.25) is 0 Å². The number of nitrogens with zero attached hydrogens (tertiary/aromatic N) is 2. The highest BCUT2D eigenvalue weighted by Gasteiger charge is 2.19. The van der Waals surface area contributed by atoms with Crippen molar-refractivity contribution in [3.05, 3.63) is 59.2 Å². The van der Waals surface area contributed by atoms with Gasteiger partial charge in [0.1, 0.15) is 0 Å². The lowest BCUT2D eigenvalue weighted by atomic mass is 10.0. The van der Waals surface area contributed by atoms with Crippen LogP contribution in [-0.2, 0) is 11.2 Å². The molecule has 0 atom stereocenters. The summed E-state index contributed by atoms with van der Waals surface area (Å²) >= 11 is 2.88. The number of hydrogen-bond acceptors (Lipinski definition) is 7. The number of fused-ring (bicyclic) bond motifs is 3. The molecule has 0 unspecified atom stereocenters. The van der Waals surface area contributed by atoms with E-state index in [9.17, 15) is 4.79 Å². The van der Waals surface area contributed by atoms with Gasteiger partial charge in [0.15, 0.2) is 10.1 Å². The second kappa shape index (κ2) is 8.21. The van der Waals surface area contributed by atoms with Gasteiger partial charge in [-0.2, -0.15) is 0 Å². The number of thioether (sulfide) groups is 1. The van der Waals surface area contributed by atoms with Gasteiger partial charge >= 0.3 is 0 Å². The fraction of sp³-hybridized carbons (Fsp3) is 0.250. The third kappa shape index (κ3) is 4.05. The van der Waals surface area contributed by atoms with E-state index in [2.05, 4.69) is 39.8 Å². The molecule has 1 aliphatic rings. The Morgan fingerprint density at radius 1 is 1.19 bits per heavy atom. The van der Waals surface area contributed by atoms with Gasteiger partial charge in [-0.15, -0.1) is 10.2 Å². The van der Waals surface area contributed by atoms with Crippen LogP contribution in [0.25, 0.3) is 11.1 Å². The molecule has 0 fully saturated rings. The first-order valence-corrected chi connectivity index (χ1v) is 10.5. The highest BCUT2D eigenvalue weighted by Crippen LogP contribution is 2.37. The van der Waals surface area contributed by atoms with E-state index >= 15 is 0 Å². The highest BCUT2D eigenvalue weighted by molar-refractivity contribution is 8.01. The molecule has 1 aliphatic carbocycles. The Kier molecular flexibility index (Phi) is 5.52. The minimum atomic E-state index is 0.108.